The van der Waals surface area contributed by atoms with Gasteiger partial charge in [0.1, 0.15) is 42.3 Å². The molecule has 91 heavy (non-hydrogen) atoms. The summed E-state index contributed by atoms with van der Waals surface area (Å²) in [7, 11) is 0. The van der Waals surface area contributed by atoms with Crippen LogP contribution < -0.4 is 85.9 Å². The Morgan fingerprint density at radius 3 is 1.14 bits per heavy atom. The third kappa shape index (κ3) is 23.9. The number of carbonyl (C=O) groups is 15. The molecule has 15 amide bonds. The summed E-state index contributed by atoms with van der Waals surface area (Å²) in [6.45, 7) is -11.4. The van der Waals surface area contributed by atoms with Crippen molar-refractivity contribution in [2.75, 3.05) is 78.9 Å². The number of aliphatic hydroxyl groups is 6. The molecule has 8 atom stereocenters. The zero-order valence-electron chi connectivity index (χ0n) is 48.7. The molecule has 1 aromatic heterocycles. The number of nitrogens with two attached hydrogens (primary N) is 2. The van der Waals surface area contributed by atoms with Crippen LogP contribution in [-0.4, -0.2) is 263 Å². The minimum absolute atomic E-state index is 0.0758. The Labute approximate surface area is 515 Å². The van der Waals surface area contributed by atoms with E-state index in [4.69, 9.17) is 11.5 Å². The monoisotopic (exact) mass is 1290 g/mol. The van der Waals surface area contributed by atoms with Gasteiger partial charge in [-0.25, -0.2) is 0 Å². The minimum Gasteiger partial charge on any atom is -0.394 e. The fraction of sp³-hybridized carbons (Fsp3) is 0.549. The lowest BCUT2D eigenvalue weighted by Gasteiger charge is -2.39. The summed E-state index contributed by atoms with van der Waals surface area (Å²) in [5.41, 5.74) is 12.0. The van der Waals surface area contributed by atoms with Crippen LogP contribution in [0.25, 0.3) is 10.9 Å². The Bertz CT molecular complexity index is 3010. The number of nitrogens with one attached hydrogen (secondary N) is 15. The largest absolute Gasteiger partial charge is 0.394 e. The number of H-pyrrole nitrogens is 1. The van der Waals surface area contributed by atoms with E-state index >= 15 is 0 Å². The molecule has 25 N–H and O–H groups in total. The maximum Gasteiger partial charge on any atom is 0.245 e. The number of rotatable bonds is 38. The molecule has 3 aliphatic rings. The molecular formula is C51H75N19O21. The summed E-state index contributed by atoms with van der Waals surface area (Å²) in [5, 5.41) is 97.5. The number of aliphatic hydroxyl groups excluding tert-OH is 6. The second kappa shape index (κ2) is 36.6. The zero-order chi connectivity index (χ0) is 67.4. The van der Waals surface area contributed by atoms with Gasteiger partial charge in [-0.3, -0.25) is 71.9 Å². The second-order valence-electron chi connectivity index (χ2n) is 20.5. The number of amides is 15. The van der Waals surface area contributed by atoms with Gasteiger partial charge < -0.3 is 122 Å². The van der Waals surface area contributed by atoms with Crippen molar-refractivity contribution in [2.45, 2.75) is 98.6 Å². The number of aromatic nitrogens is 1. The summed E-state index contributed by atoms with van der Waals surface area (Å²) in [5.74, 6) is -15.8. The van der Waals surface area contributed by atoms with E-state index in [1.807, 2.05) is 56.2 Å². The zero-order valence-corrected chi connectivity index (χ0v) is 48.7. The van der Waals surface area contributed by atoms with Crippen LogP contribution in [0.5, 0.6) is 0 Å². The van der Waals surface area contributed by atoms with Crippen LogP contribution >= 0.6 is 0 Å². The highest BCUT2D eigenvalue weighted by molar-refractivity contribution is 5.98. The molecule has 5 rings (SSSR count). The van der Waals surface area contributed by atoms with Gasteiger partial charge in [0.25, 0.3) is 0 Å². The minimum atomic E-state index is -1.77. The molecule has 1 aromatic carbocycles. The van der Waals surface area contributed by atoms with Crippen molar-refractivity contribution in [2.24, 2.45) is 21.7 Å². The Balaban J connectivity index is 1.09. The van der Waals surface area contributed by atoms with Gasteiger partial charge in [-0.2, -0.15) is 10.2 Å². The van der Waals surface area contributed by atoms with Crippen molar-refractivity contribution in [3.8, 4) is 0 Å². The number of hydrogen-bond acceptors (Lipinski definition) is 24. The van der Waals surface area contributed by atoms with Gasteiger partial charge in [0, 0.05) is 17.1 Å². The van der Waals surface area contributed by atoms with Crippen molar-refractivity contribution in [1.82, 2.24) is 79.4 Å². The van der Waals surface area contributed by atoms with E-state index in [0.717, 1.165) is 16.5 Å². The first kappa shape index (κ1) is 73.6. The Hall–Kier alpha value is -9.87. The van der Waals surface area contributed by atoms with Gasteiger partial charge in [0.15, 0.2) is 5.66 Å². The van der Waals surface area contributed by atoms with Gasteiger partial charge in [0.2, 0.25) is 88.6 Å². The number of hydrogen-bond donors (Lipinski definition) is 23. The molecule has 1 aliphatic carbocycles. The first-order chi connectivity index (χ1) is 43.3. The van der Waals surface area contributed by atoms with Crippen LogP contribution in [0, 0.1) is 0 Å². The average Bonchev–Trinajstić information content (AvgIpc) is 2.24. The van der Waals surface area contributed by atoms with Gasteiger partial charge in [-0.05, 0) is 43.7 Å². The summed E-state index contributed by atoms with van der Waals surface area (Å²) >= 11 is 0. The standard InChI is InChI=1S/C51H75N19O21/c52-27(9-24-11-54-28-4-2-1-3-26(24)28)44(85)55-12-37(78)61-30(18-71)45(86)56-13-38(79)62-31(19-72)46(87)57-14-39(80)63-32(20-73)47(88)58-15-40(81)64-33(21-74)48(89)59-16-41(82)65-34(22-75)49(90)60-17-42(83)66-35(23-76)50(91)67-29(43(53)84)10-36(77)68-51-7-5-25(6-8-51)69-70-51/h1-4,11,25,27,29-35,54,71-76H,5-10,12-23,52H2,(H2,53,84)(H,55,85)(H,56,86)(H,57,87)(H,58,88)(H,59,89)(H,60,90)(H,61,78)(H,62,79)(H,63,80)(H,64,81)(H,65,82)(H,66,83)(H,67,91)(H,68,77)/t25?,27-,29-,30-,31-,32-,33-,34-,35-,51?/m0/s1. The number of para-hydroxylation sites is 1. The van der Waals surface area contributed by atoms with E-state index in [1.54, 1.807) is 6.20 Å². The lowest BCUT2D eigenvalue weighted by molar-refractivity contribution is -0.134. The van der Waals surface area contributed by atoms with E-state index in [1.165, 1.54) is 0 Å². The van der Waals surface area contributed by atoms with Crippen molar-refractivity contribution in [3.05, 3.63) is 36.0 Å². The molecule has 1 saturated carbocycles. The maximum absolute atomic E-state index is 12.9. The van der Waals surface area contributed by atoms with Crippen LogP contribution in [0.1, 0.15) is 37.7 Å². The number of primary amides is 1. The molecule has 0 radical (unpaired) electrons. The fourth-order valence-electron chi connectivity index (χ4n) is 8.65. The van der Waals surface area contributed by atoms with E-state index in [2.05, 4.69) is 57.7 Å². The molecule has 40 nitrogen and oxygen atoms in total. The number of fused-ring (bicyclic) bond motifs is 3. The van der Waals surface area contributed by atoms with E-state index in [9.17, 15) is 103 Å². The van der Waals surface area contributed by atoms with Gasteiger partial charge in [-0.15, -0.1) is 0 Å². The number of nitrogens with zero attached hydrogens (tertiary/aromatic N) is 2. The van der Waals surface area contributed by atoms with Gasteiger partial charge in [0.05, 0.1) is 97.4 Å². The molecule has 0 spiro atoms. The lowest BCUT2D eigenvalue weighted by Crippen LogP contribution is -2.58. The molecule has 500 valence electrons. The van der Waals surface area contributed by atoms with E-state index in [0.29, 0.717) is 25.7 Å². The Kier molecular flexibility index (Phi) is 29.6. The third-order valence-electron chi connectivity index (χ3n) is 13.6. The highest BCUT2D eigenvalue weighted by Crippen LogP contribution is 2.36. The van der Waals surface area contributed by atoms with Gasteiger partial charge in [-0.1, -0.05) is 18.2 Å². The Morgan fingerprint density at radius 1 is 0.473 bits per heavy atom. The van der Waals surface area contributed by atoms with E-state index in [-0.39, 0.29) is 12.5 Å². The van der Waals surface area contributed by atoms with Crippen molar-refractivity contribution in [3.63, 3.8) is 0 Å². The SMILES string of the molecule is NC(=O)[C@H](CC(=O)NC12CCC(CC1)N=N2)NC(=O)[C@H](CO)NC(=O)CNC(=O)[C@H](CO)NC(=O)CNC(=O)[C@H](CO)NC(=O)CNC(=O)[C@H](CO)NC(=O)CNC(=O)[C@H](CO)NC(=O)CNC(=O)[C@H](CO)NC(=O)CNC(=O)[C@@H](N)Cc1c[nH]c2ccccc12. The molecule has 2 aromatic rings. The Morgan fingerprint density at radius 2 is 0.813 bits per heavy atom. The van der Waals surface area contributed by atoms with Crippen molar-refractivity contribution < 1.29 is 103 Å². The lowest BCUT2D eigenvalue weighted by atomic mass is 9.85. The molecule has 40 heteroatoms. The number of aromatic amines is 1. The fourth-order valence-corrected chi connectivity index (χ4v) is 8.65. The molecule has 0 unspecified atom stereocenters. The second-order valence-corrected chi connectivity index (χ2v) is 20.5. The van der Waals surface area contributed by atoms with Crippen molar-refractivity contribution in [1.29, 1.82) is 0 Å². The third-order valence-corrected chi connectivity index (χ3v) is 13.6. The smallest absolute Gasteiger partial charge is 0.245 e. The normalized spacial score (nSPS) is 17.2. The van der Waals surface area contributed by atoms with Crippen molar-refractivity contribution >= 4 is 99.5 Å². The molecule has 1 fully saturated rings. The number of carbonyl (C=O) groups excluding carboxylic acids is 15. The summed E-state index contributed by atoms with van der Waals surface area (Å²) in [4.78, 5) is 192. The number of azo groups is 1. The highest BCUT2D eigenvalue weighted by Gasteiger charge is 2.41. The van der Waals surface area contributed by atoms with Crippen LogP contribution in [0.2, 0.25) is 0 Å². The molecule has 0 saturated heterocycles. The highest BCUT2D eigenvalue weighted by atomic mass is 16.3. The predicted octanol–water partition coefficient (Wildman–Crippen LogP) is -13.8. The van der Waals surface area contributed by atoms with E-state index < -0.39 is 228 Å². The quantitative estimate of drug-likeness (QED) is 0.0297. The van der Waals surface area contributed by atoms with Gasteiger partial charge >= 0.3 is 0 Å². The van der Waals surface area contributed by atoms with Crippen LogP contribution in [-0.2, 0) is 78.3 Å². The molecular weight excluding hydrogens is 1210 g/mol. The van der Waals surface area contributed by atoms with Crippen LogP contribution in [0.15, 0.2) is 40.7 Å². The van der Waals surface area contributed by atoms with Crippen LogP contribution in [0.4, 0.5) is 0 Å². The molecule has 2 bridgehead atoms. The molecule has 2 aliphatic heterocycles. The summed E-state index contributed by atoms with van der Waals surface area (Å²) in [6.07, 6.45) is 3.67. The topological polar surface area (TPSA) is 638 Å². The number of benzene rings is 1. The predicted molar refractivity (Wildman–Crippen MR) is 306 cm³/mol. The summed E-state index contributed by atoms with van der Waals surface area (Å²) < 4.78 is 0. The molecule has 3 heterocycles. The summed E-state index contributed by atoms with van der Waals surface area (Å²) in [6, 6.07) is -5.55. The van der Waals surface area contributed by atoms with Crippen LogP contribution in [0.3, 0.4) is 0 Å². The average molecular weight is 1290 g/mol. The first-order valence-electron chi connectivity index (χ1n) is 28.0. The first-order valence-corrected chi connectivity index (χ1v) is 28.0. The maximum atomic E-state index is 12.9.